The number of methoxy groups -OCH3 is 1. The molecule has 0 aliphatic carbocycles. The van der Waals surface area contributed by atoms with Crippen LogP contribution in [0.15, 0.2) is 18.3 Å². The highest BCUT2D eigenvalue weighted by Crippen LogP contribution is 2.15. The van der Waals surface area contributed by atoms with E-state index in [0.717, 1.165) is 24.3 Å². The number of rotatable bonds is 3. The van der Waals surface area contributed by atoms with Crippen LogP contribution in [-0.2, 0) is 6.42 Å². The smallest absolute Gasteiger partial charge is 0.140 e. The van der Waals surface area contributed by atoms with Gasteiger partial charge in [-0.05, 0) is 18.6 Å². The highest BCUT2D eigenvalue weighted by atomic mass is 16.5. The molecule has 0 aromatic carbocycles. The minimum atomic E-state index is 0.898. The maximum absolute atomic E-state index is 5.14. The van der Waals surface area contributed by atoms with Crippen LogP contribution in [0.5, 0.6) is 5.75 Å². The van der Waals surface area contributed by atoms with Crippen molar-refractivity contribution in [1.82, 2.24) is 4.98 Å². The Balaban J connectivity index is 2.83. The first-order valence-electron chi connectivity index (χ1n) is 3.86. The van der Waals surface area contributed by atoms with Crippen LogP contribution in [0, 0.1) is 0 Å². The summed E-state index contributed by atoms with van der Waals surface area (Å²) in [6.45, 7) is 2.13. The number of ether oxygens (including phenoxy) is 1. The third kappa shape index (κ3) is 1.93. The molecule has 0 amide bonds. The number of pyridine rings is 1. The standard InChI is InChI=1S/C9H13NO/c1-3-5-8-9(11-2)6-4-7-10-8/h4,6-7H,3,5H2,1-2H3. The second-order valence-corrected chi connectivity index (χ2v) is 2.40. The predicted molar refractivity (Wildman–Crippen MR) is 44.8 cm³/mol. The summed E-state index contributed by atoms with van der Waals surface area (Å²) in [5.74, 6) is 0.898. The van der Waals surface area contributed by atoms with Gasteiger partial charge >= 0.3 is 0 Å². The Morgan fingerprint density at radius 2 is 2.36 bits per heavy atom. The third-order valence-electron chi connectivity index (χ3n) is 1.56. The van der Waals surface area contributed by atoms with Crippen LogP contribution in [0.4, 0.5) is 0 Å². The molecule has 2 nitrogen and oxygen atoms in total. The Kier molecular flexibility index (Phi) is 2.90. The summed E-state index contributed by atoms with van der Waals surface area (Å²) in [4.78, 5) is 4.21. The van der Waals surface area contributed by atoms with Gasteiger partial charge in [-0.1, -0.05) is 13.3 Å². The molecule has 0 saturated heterocycles. The van der Waals surface area contributed by atoms with Crippen LogP contribution in [0.25, 0.3) is 0 Å². The van der Waals surface area contributed by atoms with E-state index in [4.69, 9.17) is 4.74 Å². The van der Waals surface area contributed by atoms with Crippen LogP contribution in [0.2, 0.25) is 0 Å². The van der Waals surface area contributed by atoms with Crippen molar-refractivity contribution in [2.75, 3.05) is 7.11 Å². The SMILES string of the molecule is CCCc1ncccc1OC. The molecule has 0 spiro atoms. The second kappa shape index (κ2) is 3.96. The zero-order valence-electron chi connectivity index (χ0n) is 7.00. The second-order valence-electron chi connectivity index (χ2n) is 2.40. The fourth-order valence-corrected chi connectivity index (χ4v) is 1.03. The zero-order valence-corrected chi connectivity index (χ0v) is 7.00. The molecule has 0 atom stereocenters. The van der Waals surface area contributed by atoms with E-state index in [2.05, 4.69) is 11.9 Å². The normalized spacial score (nSPS) is 9.64. The maximum atomic E-state index is 5.14. The number of hydrogen-bond acceptors (Lipinski definition) is 2. The Hall–Kier alpha value is -1.05. The molecule has 0 bridgehead atoms. The first-order valence-corrected chi connectivity index (χ1v) is 3.86. The monoisotopic (exact) mass is 151 g/mol. The molecule has 0 saturated carbocycles. The lowest BCUT2D eigenvalue weighted by Crippen LogP contribution is -1.93. The fraction of sp³-hybridized carbons (Fsp3) is 0.444. The molecule has 0 radical (unpaired) electrons. The highest BCUT2D eigenvalue weighted by Gasteiger charge is 1.99. The lowest BCUT2D eigenvalue weighted by atomic mass is 10.2. The van der Waals surface area contributed by atoms with Crippen molar-refractivity contribution in [3.8, 4) is 5.75 Å². The Morgan fingerprint density at radius 3 is 3.00 bits per heavy atom. The molecule has 11 heavy (non-hydrogen) atoms. The summed E-state index contributed by atoms with van der Waals surface area (Å²) in [7, 11) is 1.68. The molecular weight excluding hydrogens is 138 g/mol. The van der Waals surface area contributed by atoms with Gasteiger partial charge in [0.25, 0.3) is 0 Å². The summed E-state index contributed by atoms with van der Waals surface area (Å²) in [5, 5.41) is 0. The minimum absolute atomic E-state index is 0.898. The molecule has 0 aliphatic rings. The summed E-state index contributed by atoms with van der Waals surface area (Å²) in [6.07, 6.45) is 3.89. The van der Waals surface area contributed by atoms with Crippen LogP contribution in [0.3, 0.4) is 0 Å². The fourth-order valence-electron chi connectivity index (χ4n) is 1.03. The molecule has 1 rings (SSSR count). The number of hydrogen-bond donors (Lipinski definition) is 0. The van der Waals surface area contributed by atoms with Crippen LogP contribution < -0.4 is 4.74 Å². The third-order valence-corrected chi connectivity index (χ3v) is 1.56. The van der Waals surface area contributed by atoms with Gasteiger partial charge in [0.2, 0.25) is 0 Å². The Bertz CT molecular complexity index is 223. The number of nitrogens with zero attached hydrogens (tertiary/aromatic N) is 1. The van der Waals surface area contributed by atoms with Crippen molar-refractivity contribution < 1.29 is 4.74 Å². The van der Waals surface area contributed by atoms with Crippen molar-refractivity contribution in [3.63, 3.8) is 0 Å². The van der Waals surface area contributed by atoms with Gasteiger partial charge in [0.1, 0.15) is 5.75 Å². The summed E-state index contributed by atoms with van der Waals surface area (Å²) in [5.41, 5.74) is 1.05. The molecule has 60 valence electrons. The van der Waals surface area contributed by atoms with Gasteiger partial charge in [-0.25, -0.2) is 0 Å². The van der Waals surface area contributed by atoms with Crippen molar-refractivity contribution in [2.24, 2.45) is 0 Å². The van der Waals surface area contributed by atoms with Gasteiger partial charge in [-0.3, -0.25) is 4.98 Å². The summed E-state index contributed by atoms with van der Waals surface area (Å²) in [6, 6.07) is 3.83. The first kappa shape index (κ1) is 8.05. The van der Waals surface area contributed by atoms with Crippen LogP contribution in [0.1, 0.15) is 19.0 Å². The van der Waals surface area contributed by atoms with E-state index in [1.165, 1.54) is 0 Å². The van der Waals surface area contributed by atoms with E-state index in [1.54, 1.807) is 13.3 Å². The number of aromatic nitrogens is 1. The van der Waals surface area contributed by atoms with Crippen molar-refractivity contribution >= 4 is 0 Å². The van der Waals surface area contributed by atoms with E-state index >= 15 is 0 Å². The van der Waals surface area contributed by atoms with Gasteiger partial charge in [0.05, 0.1) is 12.8 Å². The van der Waals surface area contributed by atoms with Gasteiger partial charge < -0.3 is 4.74 Å². The lowest BCUT2D eigenvalue weighted by molar-refractivity contribution is 0.406. The van der Waals surface area contributed by atoms with Crippen LogP contribution >= 0.6 is 0 Å². The number of aryl methyl sites for hydroxylation is 1. The average molecular weight is 151 g/mol. The average Bonchev–Trinajstić information content (AvgIpc) is 2.06. The molecule has 1 aromatic rings. The largest absolute Gasteiger partial charge is 0.495 e. The Morgan fingerprint density at radius 1 is 1.55 bits per heavy atom. The molecule has 1 aromatic heterocycles. The Labute approximate surface area is 67.2 Å². The van der Waals surface area contributed by atoms with Crippen molar-refractivity contribution in [2.45, 2.75) is 19.8 Å². The topological polar surface area (TPSA) is 22.1 Å². The summed E-state index contributed by atoms with van der Waals surface area (Å²) < 4.78 is 5.14. The van der Waals surface area contributed by atoms with Gasteiger partial charge in [-0.2, -0.15) is 0 Å². The molecular formula is C9H13NO. The maximum Gasteiger partial charge on any atom is 0.140 e. The molecule has 0 N–H and O–H groups in total. The molecule has 0 aliphatic heterocycles. The van der Waals surface area contributed by atoms with Gasteiger partial charge in [-0.15, -0.1) is 0 Å². The van der Waals surface area contributed by atoms with Gasteiger partial charge in [0.15, 0.2) is 0 Å². The first-order chi connectivity index (χ1) is 5.38. The minimum Gasteiger partial charge on any atom is -0.495 e. The molecule has 2 heteroatoms. The van der Waals surface area contributed by atoms with E-state index < -0.39 is 0 Å². The predicted octanol–water partition coefficient (Wildman–Crippen LogP) is 2.04. The summed E-state index contributed by atoms with van der Waals surface area (Å²) >= 11 is 0. The lowest BCUT2D eigenvalue weighted by Gasteiger charge is -2.04. The zero-order chi connectivity index (χ0) is 8.10. The molecule has 0 unspecified atom stereocenters. The quantitative estimate of drug-likeness (QED) is 0.659. The van der Waals surface area contributed by atoms with Crippen LogP contribution in [-0.4, -0.2) is 12.1 Å². The van der Waals surface area contributed by atoms with E-state index in [0.29, 0.717) is 0 Å². The van der Waals surface area contributed by atoms with E-state index in [9.17, 15) is 0 Å². The van der Waals surface area contributed by atoms with Gasteiger partial charge in [0, 0.05) is 6.20 Å². The van der Waals surface area contributed by atoms with E-state index in [-0.39, 0.29) is 0 Å². The van der Waals surface area contributed by atoms with Crippen molar-refractivity contribution in [1.29, 1.82) is 0 Å². The van der Waals surface area contributed by atoms with E-state index in [1.807, 2.05) is 12.1 Å². The molecule has 1 heterocycles. The highest BCUT2D eigenvalue weighted by molar-refractivity contribution is 5.26. The van der Waals surface area contributed by atoms with Crippen molar-refractivity contribution in [3.05, 3.63) is 24.0 Å². The molecule has 0 fully saturated rings.